The first-order valence-electron chi connectivity index (χ1n) is 4.81. The zero-order valence-electron chi connectivity index (χ0n) is 8.41. The Balaban J connectivity index is 2.47. The van der Waals surface area contributed by atoms with Crippen LogP contribution >= 0.6 is 15.9 Å². The first-order valence-corrected chi connectivity index (χ1v) is 5.61. The molecule has 0 atom stereocenters. The summed E-state index contributed by atoms with van der Waals surface area (Å²) in [6.45, 7) is 1.27. The molecule has 0 spiro atoms. The minimum atomic E-state index is 0.284. The molecule has 0 radical (unpaired) electrons. The van der Waals surface area contributed by atoms with E-state index in [0.29, 0.717) is 0 Å². The molecule has 1 N–H and O–H groups in total. The van der Waals surface area contributed by atoms with E-state index in [-0.39, 0.29) is 6.61 Å². The van der Waals surface area contributed by atoms with Crippen LogP contribution in [-0.2, 0) is 0 Å². The maximum absolute atomic E-state index is 8.67. The van der Waals surface area contributed by atoms with Crippen LogP contribution in [-0.4, -0.2) is 25.3 Å². The second kappa shape index (κ2) is 6.04. The molecule has 1 aromatic carbocycles. The number of aliphatic hydroxyl groups is 1. The van der Waals surface area contributed by atoms with Gasteiger partial charge < -0.3 is 10.0 Å². The SMILES string of the molecule is CN(CCCCO)c1cccc(Br)c1. The summed E-state index contributed by atoms with van der Waals surface area (Å²) in [6.07, 6.45) is 1.90. The number of benzene rings is 1. The summed E-state index contributed by atoms with van der Waals surface area (Å²) in [5.41, 5.74) is 1.21. The molecule has 0 aromatic heterocycles. The molecule has 1 aromatic rings. The lowest BCUT2D eigenvalue weighted by Gasteiger charge is -2.19. The van der Waals surface area contributed by atoms with Gasteiger partial charge in [0.25, 0.3) is 0 Å². The Bertz CT molecular complexity index is 278. The van der Waals surface area contributed by atoms with Crippen molar-refractivity contribution in [2.24, 2.45) is 0 Å². The molecule has 0 unspecified atom stereocenters. The van der Waals surface area contributed by atoms with Gasteiger partial charge in [-0.1, -0.05) is 22.0 Å². The van der Waals surface area contributed by atoms with Crippen LogP contribution in [0.1, 0.15) is 12.8 Å². The number of hydrogen-bond acceptors (Lipinski definition) is 2. The molecule has 14 heavy (non-hydrogen) atoms. The third-order valence-electron chi connectivity index (χ3n) is 2.15. The largest absolute Gasteiger partial charge is 0.396 e. The molecule has 1 rings (SSSR count). The van der Waals surface area contributed by atoms with Gasteiger partial charge >= 0.3 is 0 Å². The average molecular weight is 258 g/mol. The summed E-state index contributed by atoms with van der Waals surface area (Å²) in [6, 6.07) is 8.23. The molecule has 0 aliphatic rings. The third kappa shape index (κ3) is 3.68. The number of hydrogen-bond donors (Lipinski definition) is 1. The lowest BCUT2D eigenvalue weighted by Crippen LogP contribution is -2.18. The molecular formula is C11H16BrNO. The highest BCUT2D eigenvalue weighted by molar-refractivity contribution is 9.10. The van der Waals surface area contributed by atoms with Gasteiger partial charge in [0.1, 0.15) is 0 Å². The molecule has 0 bridgehead atoms. The number of rotatable bonds is 5. The van der Waals surface area contributed by atoms with E-state index >= 15 is 0 Å². The molecule has 0 aliphatic heterocycles. The summed E-state index contributed by atoms with van der Waals surface area (Å²) in [4.78, 5) is 2.19. The van der Waals surface area contributed by atoms with Crippen LogP contribution < -0.4 is 4.90 Å². The molecular weight excluding hydrogens is 242 g/mol. The van der Waals surface area contributed by atoms with Gasteiger partial charge in [0.05, 0.1) is 0 Å². The van der Waals surface area contributed by atoms with Gasteiger partial charge in [-0.05, 0) is 31.0 Å². The van der Waals surface area contributed by atoms with E-state index in [0.717, 1.165) is 23.9 Å². The number of nitrogens with zero attached hydrogens (tertiary/aromatic N) is 1. The van der Waals surface area contributed by atoms with Crippen LogP contribution in [0, 0.1) is 0 Å². The molecule has 3 heteroatoms. The van der Waals surface area contributed by atoms with E-state index < -0.39 is 0 Å². The first-order chi connectivity index (χ1) is 6.74. The van der Waals surface area contributed by atoms with Crippen LogP contribution in [0.3, 0.4) is 0 Å². The quantitative estimate of drug-likeness (QED) is 0.821. The monoisotopic (exact) mass is 257 g/mol. The van der Waals surface area contributed by atoms with Crippen molar-refractivity contribution in [2.75, 3.05) is 25.1 Å². The summed E-state index contributed by atoms with van der Waals surface area (Å²) in [7, 11) is 2.07. The Hall–Kier alpha value is -0.540. The zero-order chi connectivity index (χ0) is 10.4. The van der Waals surface area contributed by atoms with Gasteiger partial charge in [-0.2, -0.15) is 0 Å². The normalized spacial score (nSPS) is 10.2. The van der Waals surface area contributed by atoms with E-state index in [1.165, 1.54) is 5.69 Å². The topological polar surface area (TPSA) is 23.5 Å². The molecule has 0 saturated heterocycles. The number of halogens is 1. The Morgan fingerprint density at radius 2 is 2.14 bits per heavy atom. The van der Waals surface area contributed by atoms with E-state index in [4.69, 9.17) is 5.11 Å². The number of unbranched alkanes of at least 4 members (excludes halogenated alkanes) is 1. The standard InChI is InChI=1S/C11H16BrNO/c1-13(7-2-3-8-14)11-6-4-5-10(12)9-11/h4-6,9,14H,2-3,7-8H2,1H3. The summed E-state index contributed by atoms with van der Waals surface area (Å²) in [5, 5.41) is 8.67. The van der Waals surface area contributed by atoms with E-state index in [9.17, 15) is 0 Å². The number of anilines is 1. The van der Waals surface area contributed by atoms with Crippen LogP contribution in [0.2, 0.25) is 0 Å². The second-order valence-electron chi connectivity index (χ2n) is 3.33. The van der Waals surface area contributed by atoms with Gasteiger partial charge in [0.2, 0.25) is 0 Å². The smallest absolute Gasteiger partial charge is 0.0431 e. The Labute approximate surface area is 93.7 Å². The molecule has 0 amide bonds. The Morgan fingerprint density at radius 3 is 2.79 bits per heavy atom. The summed E-state index contributed by atoms with van der Waals surface area (Å²) >= 11 is 3.45. The van der Waals surface area contributed by atoms with Crippen molar-refractivity contribution >= 4 is 21.6 Å². The molecule has 0 fully saturated rings. The Kier molecular flexibility index (Phi) is 4.98. The highest BCUT2D eigenvalue weighted by atomic mass is 79.9. The number of aliphatic hydroxyl groups excluding tert-OH is 1. The lowest BCUT2D eigenvalue weighted by molar-refractivity contribution is 0.285. The predicted molar refractivity (Wildman–Crippen MR) is 63.7 cm³/mol. The fraction of sp³-hybridized carbons (Fsp3) is 0.455. The maximum Gasteiger partial charge on any atom is 0.0431 e. The van der Waals surface area contributed by atoms with Crippen LogP contribution in [0.4, 0.5) is 5.69 Å². The van der Waals surface area contributed by atoms with E-state index in [1.807, 2.05) is 12.1 Å². The van der Waals surface area contributed by atoms with Crippen molar-refractivity contribution in [1.82, 2.24) is 0 Å². The van der Waals surface area contributed by atoms with Crippen molar-refractivity contribution in [3.63, 3.8) is 0 Å². The van der Waals surface area contributed by atoms with Crippen molar-refractivity contribution in [2.45, 2.75) is 12.8 Å². The van der Waals surface area contributed by atoms with Crippen LogP contribution in [0.25, 0.3) is 0 Å². The molecule has 0 heterocycles. The highest BCUT2D eigenvalue weighted by Crippen LogP contribution is 2.18. The fourth-order valence-corrected chi connectivity index (χ4v) is 1.69. The Morgan fingerprint density at radius 1 is 1.36 bits per heavy atom. The van der Waals surface area contributed by atoms with Crippen molar-refractivity contribution in [1.29, 1.82) is 0 Å². The average Bonchev–Trinajstić information content (AvgIpc) is 2.18. The third-order valence-corrected chi connectivity index (χ3v) is 2.64. The van der Waals surface area contributed by atoms with Gasteiger partial charge in [0.15, 0.2) is 0 Å². The molecule has 0 aliphatic carbocycles. The zero-order valence-corrected chi connectivity index (χ0v) is 10.00. The minimum absolute atomic E-state index is 0.284. The van der Waals surface area contributed by atoms with Gasteiger partial charge in [-0.3, -0.25) is 0 Å². The van der Waals surface area contributed by atoms with Crippen molar-refractivity contribution in [3.05, 3.63) is 28.7 Å². The predicted octanol–water partition coefficient (Wildman–Crippen LogP) is 2.66. The van der Waals surface area contributed by atoms with Crippen molar-refractivity contribution < 1.29 is 5.11 Å². The minimum Gasteiger partial charge on any atom is -0.396 e. The van der Waals surface area contributed by atoms with Gasteiger partial charge in [0, 0.05) is 30.4 Å². The van der Waals surface area contributed by atoms with Crippen LogP contribution in [0.15, 0.2) is 28.7 Å². The lowest BCUT2D eigenvalue weighted by atomic mass is 10.2. The van der Waals surface area contributed by atoms with Crippen LogP contribution in [0.5, 0.6) is 0 Å². The fourth-order valence-electron chi connectivity index (χ4n) is 1.30. The molecule has 78 valence electrons. The van der Waals surface area contributed by atoms with E-state index in [1.54, 1.807) is 0 Å². The van der Waals surface area contributed by atoms with Gasteiger partial charge in [-0.25, -0.2) is 0 Å². The van der Waals surface area contributed by atoms with Gasteiger partial charge in [-0.15, -0.1) is 0 Å². The highest BCUT2D eigenvalue weighted by Gasteiger charge is 2.00. The molecule has 2 nitrogen and oxygen atoms in total. The molecule has 0 saturated carbocycles. The van der Waals surface area contributed by atoms with E-state index in [2.05, 4.69) is 40.0 Å². The first kappa shape index (κ1) is 11.5. The maximum atomic E-state index is 8.67. The second-order valence-corrected chi connectivity index (χ2v) is 4.25. The summed E-state index contributed by atoms with van der Waals surface area (Å²) in [5.74, 6) is 0. The summed E-state index contributed by atoms with van der Waals surface area (Å²) < 4.78 is 1.10. The van der Waals surface area contributed by atoms with Crippen molar-refractivity contribution in [3.8, 4) is 0 Å².